The first-order valence-electron chi connectivity index (χ1n) is 11.4. The maximum Gasteiger partial charge on any atom is 0.330 e. The number of esters is 1. The van der Waals surface area contributed by atoms with Crippen molar-refractivity contribution in [2.24, 2.45) is 23.2 Å². The molecule has 2 saturated carbocycles. The standard InChI is InChI=1S/C25H33NO4/c1-4-5-17-13-22(28)25(3)11-10-20-19-9-7-18(30-23(29)14-26-15(2)27)12-16(19)6-8-21(20)24(17)25/h7,9,12,17,20-21,24H,4-6,8,10-11,13-14H2,1-3H3,(H,26,27). The average molecular weight is 412 g/mol. The van der Waals surface area contributed by atoms with Crippen molar-refractivity contribution in [3.05, 3.63) is 29.3 Å². The molecule has 5 unspecified atom stereocenters. The third kappa shape index (κ3) is 3.67. The quantitative estimate of drug-likeness (QED) is 0.583. The first kappa shape index (κ1) is 21.1. The number of aryl methyl sites for hydroxylation is 1. The number of carbonyl (C=O) groups excluding carboxylic acids is 3. The fraction of sp³-hybridized carbons (Fsp3) is 0.640. The molecule has 2 fully saturated rings. The molecule has 5 atom stereocenters. The highest BCUT2D eigenvalue weighted by atomic mass is 16.5. The van der Waals surface area contributed by atoms with Crippen LogP contribution in [-0.2, 0) is 20.8 Å². The summed E-state index contributed by atoms with van der Waals surface area (Å²) in [6.07, 6.45) is 7.20. The fourth-order valence-corrected chi connectivity index (χ4v) is 6.68. The zero-order chi connectivity index (χ0) is 21.5. The molecular weight excluding hydrogens is 378 g/mol. The SMILES string of the molecule is CCCC1CC(=O)C2(C)CCC3c4ccc(OC(=O)CNC(C)=O)cc4CCC3C12. The summed E-state index contributed by atoms with van der Waals surface area (Å²) in [4.78, 5) is 35.8. The summed E-state index contributed by atoms with van der Waals surface area (Å²) in [6.45, 7) is 5.72. The van der Waals surface area contributed by atoms with E-state index in [0.29, 0.717) is 35.2 Å². The van der Waals surface area contributed by atoms with E-state index in [1.54, 1.807) is 0 Å². The summed E-state index contributed by atoms with van der Waals surface area (Å²) in [5.74, 6) is 2.45. The number of amides is 1. The van der Waals surface area contributed by atoms with Crippen LogP contribution < -0.4 is 10.1 Å². The molecule has 1 aromatic rings. The van der Waals surface area contributed by atoms with Crippen LogP contribution >= 0.6 is 0 Å². The van der Waals surface area contributed by atoms with Gasteiger partial charge in [0.15, 0.2) is 0 Å². The highest BCUT2D eigenvalue weighted by Gasteiger charge is 2.58. The van der Waals surface area contributed by atoms with Crippen molar-refractivity contribution in [1.82, 2.24) is 5.32 Å². The van der Waals surface area contributed by atoms with Crippen LogP contribution in [0.1, 0.15) is 76.3 Å². The minimum atomic E-state index is -0.459. The average Bonchev–Trinajstić information content (AvgIpc) is 2.96. The van der Waals surface area contributed by atoms with Gasteiger partial charge in [-0.2, -0.15) is 0 Å². The predicted octanol–water partition coefficient (Wildman–Crippen LogP) is 4.18. The van der Waals surface area contributed by atoms with Crippen molar-refractivity contribution >= 4 is 17.7 Å². The molecule has 0 aromatic heterocycles. The van der Waals surface area contributed by atoms with Gasteiger partial charge < -0.3 is 10.1 Å². The van der Waals surface area contributed by atoms with Crippen LogP contribution in [0.3, 0.4) is 0 Å². The van der Waals surface area contributed by atoms with Gasteiger partial charge in [-0.3, -0.25) is 9.59 Å². The van der Waals surface area contributed by atoms with Crippen LogP contribution in [0.25, 0.3) is 0 Å². The Kier molecular flexibility index (Phi) is 5.73. The van der Waals surface area contributed by atoms with E-state index in [0.717, 1.165) is 44.9 Å². The van der Waals surface area contributed by atoms with Gasteiger partial charge in [0, 0.05) is 18.8 Å². The molecule has 0 bridgehead atoms. The van der Waals surface area contributed by atoms with Gasteiger partial charge in [0.2, 0.25) is 5.91 Å². The van der Waals surface area contributed by atoms with Crippen LogP contribution in [-0.4, -0.2) is 24.2 Å². The Hall–Kier alpha value is -2.17. The predicted molar refractivity (Wildman–Crippen MR) is 114 cm³/mol. The van der Waals surface area contributed by atoms with Crippen molar-refractivity contribution < 1.29 is 19.1 Å². The Morgan fingerprint density at radius 3 is 2.80 bits per heavy atom. The Bertz CT molecular complexity index is 863. The van der Waals surface area contributed by atoms with Gasteiger partial charge >= 0.3 is 5.97 Å². The molecule has 1 amide bonds. The molecule has 3 aliphatic carbocycles. The van der Waals surface area contributed by atoms with E-state index in [1.165, 1.54) is 18.1 Å². The van der Waals surface area contributed by atoms with Crippen LogP contribution in [0.5, 0.6) is 5.75 Å². The lowest BCUT2D eigenvalue weighted by Gasteiger charge is -2.50. The number of ether oxygens (including phenoxy) is 1. The maximum absolute atomic E-state index is 12.9. The highest BCUT2D eigenvalue weighted by molar-refractivity contribution is 5.87. The van der Waals surface area contributed by atoms with Gasteiger partial charge in [0.1, 0.15) is 18.1 Å². The number of Topliss-reactive ketones (excluding diaryl/α,β-unsaturated/α-hetero) is 1. The summed E-state index contributed by atoms with van der Waals surface area (Å²) in [5, 5.41) is 2.47. The second-order valence-electron chi connectivity index (χ2n) is 9.71. The molecule has 1 N–H and O–H groups in total. The van der Waals surface area contributed by atoms with E-state index >= 15 is 0 Å². The molecule has 30 heavy (non-hydrogen) atoms. The minimum Gasteiger partial charge on any atom is -0.425 e. The smallest absolute Gasteiger partial charge is 0.330 e. The van der Waals surface area contributed by atoms with Gasteiger partial charge in [-0.1, -0.05) is 26.3 Å². The van der Waals surface area contributed by atoms with Crippen molar-refractivity contribution in [2.45, 2.75) is 71.6 Å². The van der Waals surface area contributed by atoms with E-state index in [1.807, 2.05) is 12.1 Å². The number of carbonyl (C=O) groups is 3. The topological polar surface area (TPSA) is 72.5 Å². The highest BCUT2D eigenvalue weighted by Crippen LogP contribution is 2.62. The normalized spacial score (nSPS) is 32.0. The summed E-state index contributed by atoms with van der Waals surface area (Å²) in [6, 6.07) is 6.00. The van der Waals surface area contributed by atoms with Gasteiger partial charge in [-0.25, -0.2) is 4.79 Å². The van der Waals surface area contributed by atoms with E-state index in [4.69, 9.17) is 4.74 Å². The van der Waals surface area contributed by atoms with E-state index in [-0.39, 0.29) is 17.9 Å². The number of nitrogens with one attached hydrogen (secondary N) is 1. The van der Waals surface area contributed by atoms with Crippen LogP contribution in [0.4, 0.5) is 0 Å². The Morgan fingerprint density at radius 2 is 2.07 bits per heavy atom. The van der Waals surface area contributed by atoms with Crippen LogP contribution in [0, 0.1) is 23.2 Å². The van der Waals surface area contributed by atoms with Gasteiger partial charge in [-0.05, 0) is 79.0 Å². The number of rotatable bonds is 5. The zero-order valence-electron chi connectivity index (χ0n) is 18.3. The fourth-order valence-electron chi connectivity index (χ4n) is 6.68. The number of benzene rings is 1. The lowest BCUT2D eigenvalue weighted by atomic mass is 9.54. The van der Waals surface area contributed by atoms with Crippen molar-refractivity contribution in [3.8, 4) is 5.75 Å². The van der Waals surface area contributed by atoms with Crippen LogP contribution in [0.2, 0.25) is 0 Å². The molecule has 3 aliphatic rings. The third-order valence-corrected chi connectivity index (χ3v) is 7.91. The molecule has 162 valence electrons. The first-order chi connectivity index (χ1) is 14.3. The lowest BCUT2D eigenvalue weighted by molar-refractivity contribution is -0.135. The molecule has 0 radical (unpaired) electrons. The van der Waals surface area contributed by atoms with E-state index < -0.39 is 5.97 Å². The largest absolute Gasteiger partial charge is 0.425 e. The molecular formula is C25H33NO4. The number of hydrogen-bond donors (Lipinski definition) is 1. The summed E-state index contributed by atoms with van der Waals surface area (Å²) in [5.41, 5.74) is 2.52. The molecule has 1 aromatic carbocycles. The molecule has 5 heteroatoms. The van der Waals surface area contributed by atoms with E-state index in [2.05, 4.69) is 25.2 Å². The van der Waals surface area contributed by atoms with Gasteiger partial charge in [0.05, 0.1) is 0 Å². The Labute approximate surface area is 178 Å². The summed E-state index contributed by atoms with van der Waals surface area (Å²) < 4.78 is 5.42. The van der Waals surface area contributed by atoms with Crippen molar-refractivity contribution in [1.29, 1.82) is 0 Å². The summed E-state index contributed by atoms with van der Waals surface area (Å²) in [7, 11) is 0. The van der Waals surface area contributed by atoms with Crippen molar-refractivity contribution in [2.75, 3.05) is 6.54 Å². The molecule has 0 saturated heterocycles. The maximum atomic E-state index is 12.9. The molecule has 5 nitrogen and oxygen atoms in total. The first-order valence-corrected chi connectivity index (χ1v) is 11.4. The van der Waals surface area contributed by atoms with Gasteiger partial charge in [-0.15, -0.1) is 0 Å². The van der Waals surface area contributed by atoms with Crippen LogP contribution in [0.15, 0.2) is 18.2 Å². The zero-order valence-corrected chi connectivity index (χ0v) is 18.3. The summed E-state index contributed by atoms with van der Waals surface area (Å²) >= 11 is 0. The Morgan fingerprint density at radius 1 is 1.27 bits per heavy atom. The minimum absolute atomic E-state index is 0.121. The van der Waals surface area contributed by atoms with Crippen molar-refractivity contribution in [3.63, 3.8) is 0 Å². The third-order valence-electron chi connectivity index (χ3n) is 7.91. The number of hydrogen-bond acceptors (Lipinski definition) is 4. The monoisotopic (exact) mass is 411 g/mol. The second kappa shape index (κ2) is 8.16. The second-order valence-corrected chi connectivity index (χ2v) is 9.71. The molecule has 0 heterocycles. The molecule has 0 aliphatic heterocycles. The number of fused-ring (bicyclic) bond motifs is 5. The van der Waals surface area contributed by atoms with E-state index in [9.17, 15) is 14.4 Å². The van der Waals surface area contributed by atoms with Gasteiger partial charge in [0.25, 0.3) is 0 Å². The molecule has 4 rings (SSSR count). The lowest BCUT2D eigenvalue weighted by Crippen LogP contribution is -2.44. The number of ketones is 1. The molecule has 0 spiro atoms. The Balaban J connectivity index is 1.53.